The first kappa shape index (κ1) is 14.2. The van der Waals surface area contributed by atoms with Gasteiger partial charge in [-0.3, -0.25) is 15.0 Å². The van der Waals surface area contributed by atoms with Crippen LogP contribution in [0.3, 0.4) is 0 Å². The van der Waals surface area contributed by atoms with Crippen molar-refractivity contribution in [3.63, 3.8) is 0 Å². The molecule has 0 fully saturated rings. The van der Waals surface area contributed by atoms with E-state index in [-0.39, 0.29) is 11.8 Å². The summed E-state index contributed by atoms with van der Waals surface area (Å²) in [7, 11) is 0. The lowest BCUT2D eigenvalue weighted by Crippen LogP contribution is -2.51. The van der Waals surface area contributed by atoms with Gasteiger partial charge in [0.1, 0.15) is 6.04 Å². The van der Waals surface area contributed by atoms with Crippen LogP contribution in [0.4, 0.5) is 0 Å². The summed E-state index contributed by atoms with van der Waals surface area (Å²) < 4.78 is 0. The average Bonchev–Trinajstić information content (AvgIpc) is 2.39. The number of benzene rings is 1. The Labute approximate surface area is 106 Å². The van der Waals surface area contributed by atoms with E-state index in [1.165, 1.54) is 0 Å². The highest BCUT2D eigenvalue weighted by atomic mass is 16.4. The van der Waals surface area contributed by atoms with Gasteiger partial charge < -0.3 is 5.11 Å². The summed E-state index contributed by atoms with van der Waals surface area (Å²) in [4.78, 5) is 22.8. The number of carbonyl (C=O) groups is 2. The van der Waals surface area contributed by atoms with E-state index in [1.54, 1.807) is 24.3 Å². The number of amides is 1. The van der Waals surface area contributed by atoms with E-state index in [4.69, 9.17) is 5.11 Å². The van der Waals surface area contributed by atoms with Crippen molar-refractivity contribution in [3.05, 3.63) is 35.9 Å². The van der Waals surface area contributed by atoms with Crippen molar-refractivity contribution in [1.82, 2.24) is 10.9 Å². The van der Waals surface area contributed by atoms with Gasteiger partial charge in [0.2, 0.25) is 0 Å². The van der Waals surface area contributed by atoms with Crippen LogP contribution < -0.4 is 10.9 Å². The number of nitrogens with one attached hydrogen (secondary N) is 2. The molecule has 0 spiro atoms. The third kappa shape index (κ3) is 3.85. The molecule has 1 aromatic carbocycles. The van der Waals surface area contributed by atoms with E-state index >= 15 is 0 Å². The molecule has 2 unspecified atom stereocenters. The van der Waals surface area contributed by atoms with Crippen LogP contribution in [0.2, 0.25) is 0 Å². The monoisotopic (exact) mass is 250 g/mol. The lowest BCUT2D eigenvalue weighted by Gasteiger charge is -2.20. The highest BCUT2D eigenvalue weighted by Gasteiger charge is 2.23. The zero-order valence-corrected chi connectivity index (χ0v) is 10.5. The van der Waals surface area contributed by atoms with E-state index < -0.39 is 12.0 Å². The summed E-state index contributed by atoms with van der Waals surface area (Å²) >= 11 is 0. The van der Waals surface area contributed by atoms with Crippen molar-refractivity contribution in [3.8, 4) is 0 Å². The lowest BCUT2D eigenvalue weighted by atomic mass is 10.0. The van der Waals surface area contributed by atoms with Crippen LogP contribution in [0, 0.1) is 5.92 Å². The SMILES string of the molecule is CCC(C)C(NNC(=O)c1ccccc1)C(=O)O. The van der Waals surface area contributed by atoms with Crippen LogP contribution in [0.1, 0.15) is 30.6 Å². The lowest BCUT2D eigenvalue weighted by molar-refractivity contribution is -0.141. The Kier molecular flexibility index (Phi) is 5.32. The predicted octanol–water partition coefficient (Wildman–Crippen LogP) is 1.42. The number of hydrogen-bond donors (Lipinski definition) is 3. The number of carboxylic acids is 1. The Morgan fingerprint density at radius 1 is 1.28 bits per heavy atom. The number of hydrazine groups is 1. The number of carboxylic acid groups (broad SMARTS) is 1. The van der Waals surface area contributed by atoms with Gasteiger partial charge in [-0.2, -0.15) is 0 Å². The van der Waals surface area contributed by atoms with E-state index in [1.807, 2.05) is 19.9 Å². The van der Waals surface area contributed by atoms with E-state index in [0.717, 1.165) is 0 Å². The Hall–Kier alpha value is -1.88. The number of hydrogen-bond acceptors (Lipinski definition) is 3. The van der Waals surface area contributed by atoms with Gasteiger partial charge in [-0.05, 0) is 18.1 Å². The Morgan fingerprint density at radius 2 is 1.89 bits per heavy atom. The normalized spacial score (nSPS) is 13.7. The largest absolute Gasteiger partial charge is 0.480 e. The second-order valence-corrected chi connectivity index (χ2v) is 4.17. The minimum Gasteiger partial charge on any atom is -0.480 e. The zero-order chi connectivity index (χ0) is 13.5. The maximum absolute atomic E-state index is 11.7. The predicted molar refractivity (Wildman–Crippen MR) is 67.9 cm³/mol. The van der Waals surface area contributed by atoms with Crippen molar-refractivity contribution in [2.75, 3.05) is 0 Å². The standard InChI is InChI=1S/C13H18N2O3/c1-3-9(2)11(13(17)18)14-15-12(16)10-7-5-4-6-8-10/h4-9,11,14H,3H2,1-2H3,(H,15,16)(H,17,18). The summed E-state index contributed by atoms with van der Waals surface area (Å²) in [6.07, 6.45) is 0.713. The molecule has 3 N–H and O–H groups in total. The molecule has 1 rings (SSSR count). The van der Waals surface area contributed by atoms with Crippen LogP contribution in [0.25, 0.3) is 0 Å². The molecule has 0 aliphatic heterocycles. The third-order valence-corrected chi connectivity index (χ3v) is 2.86. The smallest absolute Gasteiger partial charge is 0.322 e. The summed E-state index contributed by atoms with van der Waals surface area (Å²) in [6, 6.07) is 7.84. The van der Waals surface area contributed by atoms with E-state index in [2.05, 4.69) is 10.9 Å². The van der Waals surface area contributed by atoms with Crippen molar-refractivity contribution in [2.45, 2.75) is 26.3 Å². The highest BCUT2D eigenvalue weighted by Crippen LogP contribution is 2.07. The van der Waals surface area contributed by atoms with Crippen LogP contribution >= 0.6 is 0 Å². The fourth-order valence-corrected chi connectivity index (χ4v) is 1.49. The van der Waals surface area contributed by atoms with Crippen molar-refractivity contribution in [2.24, 2.45) is 5.92 Å². The molecule has 1 aromatic rings. The van der Waals surface area contributed by atoms with Crippen LogP contribution in [0.15, 0.2) is 30.3 Å². The topological polar surface area (TPSA) is 78.4 Å². The molecular weight excluding hydrogens is 232 g/mol. The van der Waals surface area contributed by atoms with Gasteiger partial charge >= 0.3 is 5.97 Å². The molecule has 0 saturated heterocycles. The average molecular weight is 250 g/mol. The van der Waals surface area contributed by atoms with Gasteiger partial charge in [0.05, 0.1) is 0 Å². The van der Waals surface area contributed by atoms with Crippen LogP contribution in [-0.2, 0) is 4.79 Å². The van der Waals surface area contributed by atoms with Gasteiger partial charge in [-0.1, -0.05) is 38.5 Å². The number of carbonyl (C=O) groups excluding carboxylic acids is 1. The summed E-state index contributed by atoms with van der Waals surface area (Å²) in [5, 5.41) is 9.04. The third-order valence-electron chi connectivity index (χ3n) is 2.86. The second-order valence-electron chi connectivity index (χ2n) is 4.17. The Morgan fingerprint density at radius 3 is 2.39 bits per heavy atom. The van der Waals surface area contributed by atoms with Gasteiger partial charge in [0, 0.05) is 5.56 Å². The fraction of sp³-hybridized carbons (Fsp3) is 0.385. The van der Waals surface area contributed by atoms with Gasteiger partial charge in [0.25, 0.3) is 5.91 Å². The molecule has 0 aliphatic carbocycles. The van der Waals surface area contributed by atoms with Crippen molar-refractivity contribution < 1.29 is 14.7 Å². The number of rotatable bonds is 6. The quantitative estimate of drug-likeness (QED) is 0.667. The molecule has 0 aromatic heterocycles. The van der Waals surface area contributed by atoms with Gasteiger partial charge in [0.15, 0.2) is 0 Å². The molecule has 0 radical (unpaired) electrons. The summed E-state index contributed by atoms with van der Waals surface area (Å²) in [6.45, 7) is 3.72. The molecule has 1 amide bonds. The summed E-state index contributed by atoms with van der Waals surface area (Å²) in [5.74, 6) is -1.39. The van der Waals surface area contributed by atoms with Crippen molar-refractivity contribution in [1.29, 1.82) is 0 Å². The first-order valence-electron chi connectivity index (χ1n) is 5.90. The Bertz CT molecular complexity index is 406. The molecule has 2 atom stereocenters. The van der Waals surface area contributed by atoms with Crippen molar-refractivity contribution >= 4 is 11.9 Å². The molecule has 0 saturated carbocycles. The van der Waals surface area contributed by atoms with Gasteiger partial charge in [-0.15, -0.1) is 0 Å². The second kappa shape index (κ2) is 6.76. The van der Waals surface area contributed by atoms with Crippen LogP contribution in [-0.4, -0.2) is 23.0 Å². The molecule has 0 aliphatic rings. The van der Waals surface area contributed by atoms with Crippen LogP contribution in [0.5, 0.6) is 0 Å². The molecular formula is C13H18N2O3. The first-order valence-corrected chi connectivity index (χ1v) is 5.90. The molecule has 18 heavy (non-hydrogen) atoms. The molecule has 0 heterocycles. The highest BCUT2D eigenvalue weighted by molar-refractivity contribution is 5.94. The minimum absolute atomic E-state index is 0.0708. The Balaban J connectivity index is 2.58. The minimum atomic E-state index is -0.974. The molecule has 5 heteroatoms. The van der Waals surface area contributed by atoms with E-state index in [0.29, 0.717) is 12.0 Å². The summed E-state index contributed by atoms with van der Waals surface area (Å²) in [5.41, 5.74) is 5.48. The van der Waals surface area contributed by atoms with E-state index in [9.17, 15) is 9.59 Å². The number of aliphatic carboxylic acids is 1. The fourth-order valence-electron chi connectivity index (χ4n) is 1.49. The maximum atomic E-state index is 11.7. The molecule has 98 valence electrons. The molecule has 5 nitrogen and oxygen atoms in total. The zero-order valence-electron chi connectivity index (χ0n) is 10.5. The maximum Gasteiger partial charge on any atom is 0.322 e. The first-order chi connectivity index (χ1) is 8.56. The van der Waals surface area contributed by atoms with Gasteiger partial charge in [-0.25, -0.2) is 5.43 Å². The molecule has 0 bridgehead atoms.